The number of aryl methyl sites for hydroxylation is 1. The Morgan fingerprint density at radius 2 is 2.00 bits per heavy atom. The van der Waals surface area contributed by atoms with Crippen LogP contribution in [-0.4, -0.2) is 47.6 Å². The van der Waals surface area contributed by atoms with Crippen molar-refractivity contribution in [3.8, 4) is 0 Å². The highest BCUT2D eigenvalue weighted by Gasteiger charge is 2.23. The number of anilines is 1. The summed E-state index contributed by atoms with van der Waals surface area (Å²) in [6.07, 6.45) is 2.29. The first-order valence-electron chi connectivity index (χ1n) is 8.24. The summed E-state index contributed by atoms with van der Waals surface area (Å²) in [6.45, 7) is 1.20. The molecule has 0 saturated heterocycles. The molecule has 0 radical (unpaired) electrons. The lowest BCUT2D eigenvalue weighted by Gasteiger charge is -2.17. The quantitative estimate of drug-likeness (QED) is 0.629. The van der Waals surface area contributed by atoms with Gasteiger partial charge in [-0.25, -0.2) is 4.79 Å². The minimum absolute atomic E-state index is 0.241. The second-order valence-electron chi connectivity index (χ2n) is 5.65. The van der Waals surface area contributed by atoms with Gasteiger partial charge in [0, 0.05) is 11.6 Å². The van der Waals surface area contributed by atoms with Gasteiger partial charge in [-0.3, -0.25) is 9.59 Å². The van der Waals surface area contributed by atoms with E-state index >= 15 is 0 Å². The SMILES string of the molecule is CSCCC(NC(=O)c1ccccc1)C(=O)OCC(=O)Nc1cc(C)on1. The molecular formula is C18H21N3O5S. The number of aromatic nitrogens is 1. The van der Waals surface area contributed by atoms with Gasteiger partial charge in [0.15, 0.2) is 12.4 Å². The molecule has 1 atom stereocenters. The van der Waals surface area contributed by atoms with Crippen LogP contribution in [0.4, 0.5) is 5.82 Å². The molecule has 2 rings (SSSR count). The van der Waals surface area contributed by atoms with Gasteiger partial charge in [0.1, 0.15) is 11.8 Å². The van der Waals surface area contributed by atoms with Gasteiger partial charge >= 0.3 is 5.97 Å². The van der Waals surface area contributed by atoms with E-state index in [2.05, 4.69) is 15.8 Å². The van der Waals surface area contributed by atoms with Gasteiger partial charge in [-0.1, -0.05) is 23.4 Å². The maximum atomic E-state index is 12.3. The van der Waals surface area contributed by atoms with E-state index in [-0.39, 0.29) is 11.7 Å². The lowest BCUT2D eigenvalue weighted by Crippen LogP contribution is -2.43. The van der Waals surface area contributed by atoms with Crippen molar-refractivity contribution < 1.29 is 23.6 Å². The maximum absolute atomic E-state index is 12.3. The number of carbonyl (C=O) groups is 3. The van der Waals surface area contributed by atoms with Crippen LogP contribution in [0.3, 0.4) is 0 Å². The number of benzene rings is 1. The van der Waals surface area contributed by atoms with Crippen LogP contribution in [0.2, 0.25) is 0 Å². The van der Waals surface area contributed by atoms with Crippen molar-refractivity contribution in [3.63, 3.8) is 0 Å². The van der Waals surface area contributed by atoms with Crippen molar-refractivity contribution in [1.82, 2.24) is 10.5 Å². The Bertz CT molecular complexity index is 778. The van der Waals surface area contributed by atoms with Crippen molar-refractivity contribution in [3.05, 3.63) is 47.7 Å². The van der Waals surface area contributed by atoms with E-state index in [0.29, 0.717) is 23.5 Å². The summed E-state index contributed by atoms with van der Waals surface area (Å²) in [6, 6.07) is 9.28. The number of thioether (sulfide) groups is 1. The number of nitrogens with zero attached hydrogens (tertiary/aromatic N) is 1. The van der Waals surface area contributed by atoms with Crippen molar-refractivity contribution in [2.75, 3.05) is 23.9 Å². The summed E-state index contributed by atoms with van der Waals surface area (Å²) < 4.78 is 9.88. The molecule has 2 aromatic rings. The molecule has 1 aromatic heterocycles. The number of rotatable bonds is 9. The Labute approximate surface area is 161 Å². The molecule has 0 saturated carbocycles. The number of hydrogen-bond acceptors (Lipinski definition) is 7. The third kappa shape index (κ3) is 6.78. The summed E-state index contributed by atoms with van der Waals surface area (Å²) in [5.74, 6) is -0.150. The van der Waals surface area contributed by atoms with Gasteiger partial charge in [-0.05, 0) is 37.5 Å². The summed E-state index contributed by atoms with van der Waals surface area (Å²) in [5.41, 5.74) is 0.443. The molecular weight excluding hydrogens is 370 g/mol. The number of nitrogens with one attached hydrogen (secondary N) is 2. The molecule has 2 amide bonds. The van der Waals surface area contributed by atoms with Crippen molar-refractivity contribution >= 4 is 35.4 Å². The van der Waals surface area contributed by atoms with Gasteiger partial charge < -0.3 is 19.9 Å². The van der Waals surface area contributed by atoms with Crippen LogP contribution in [-0.2, 0) is 14.3 Å². The average molecular weight is 391 g/mol. The Morgan fingerprint density at radius 1 is 1.26 bits per heavy atom. The van der Waals surface area contributed by atoms with Crippen molar-refractivity contribution in [2.45, 2.75) is 19.4 Å². The minimum atomic E-state index is -0.841. The van der Waals surface area contributed by atoms with Gasteiger partial charge in [-0.2, -0.15) is 11.8 Å². The second kappa shape index (κ2) is 10.4. The predicted molar refractivity (Wildman–Crippen MR) is 102 cm³/mol. The molecule has 0 spiro atoms. The van der Waals surface area contributed by atoms with E-state index in [1.807, 2.05) is 6.26 Å². The van der Waals surface area contributed by atoms with Crippen LogP contribution < -0.4 is 10.6 Å². The van der Waals surface area contributed by atoms with E-state index in [1.165, 1.54) is 0 Å². The van der Waals surface area contributed by atoms with Gasteiger partial charge in [0.2, 0.25) is 0 Å². The highest BCUT2D eigenvalue weighted by Crippen LogP contribution is 2.08. The second-order valence-corrected chi connectivity index (χ2v) is 6.64. The van der Waals surface area contributed by atoms with E-state index in [0.717, 1.165) is 0 Å². The standard InChI is InChI=1S/C18H21N3O5S/c1-12-10-15(21-26-12)20-16(22)11-25-18(24)14(8-9-27-2)19-17(23)13-6-4-3-5-7-13/h3-7,10,14H,8-9,11H2,1-2H3,(H,19,23)(H,20,21,22). The largest absolute Gasteiger partial charge is 0.454 e. The Balaban J connectivity index is 1.89. The van der Waals surface area contributed by atoms with Crippen LogP contribution >= 0.6 is 11.8 Å². The fraction of sp³-hybridized carbons (Fsp3) is 0.333. The fourth-order valence-electron chi connectivity index (χ4n) is 2.16. The first-order valence-corrected chi connectivity index (χ1v) is 9.63. The smallest absolute Gasteiger partial charge is 0.329 e. The third-order valence-corrected chi connectivity index (χ3v) is 4.12. The summed E-state index contributed by atoms with van der Waals surface area (Å²) >= 11 is 1.54. The Morgan fingerprint density at radius 3 is 2.63 bits per heavy atom. The van der Waals surface area contributed by atoms with E-state index < -0.39 is 24.5 Å². The highest BCUT2D eigenvalue weighted by molar-refractivity contribution is 7.98. The first-order chi connectivity index (χ1) is 13.0. The predicted octanol–water partition coefficient (Wildman–Crippen LogP) is 2.02. The zero-order valence-electron chi connectivity index (χ0n) is 15.1. The van der Waals surface area contributed by atoms with Crippen LogP contribution in [0.25, 0.3) is 0 Å². The highest BCUT2D eigenvalue weighted by atomic mass is 32.2. The zero-order valence-corrected chi connectivity index (χ0v) is 15.9. The molecule has 0 aliphatic rings. The van der Waals surface area contributed by atoms with Crippen LogP contribution in [0, 0.1) is 6.92 Å². The Kier molecular flexibility index (Phi) is 7.87. The molecule has 0 fully saturated rings. The number of ether oxygens (including phenoxy) is 1. The minimum Gasteiger partial charge on any atom is -0.454 e. The molecule has 8 nitrogen and oxygen atoms in total. The third-order valence-electron chi connectivity index (χ3n) is 3.48. The molecule has 1 heterocycles. The van der Waals surface area contributed by atoms with Crippen LogP contribution in [0.15, 0.2) is 40.9 Å². The molecule has 0 bridgehead atoms. The maximum Gasteiger partial charge on any atom is 0.329 e. The first kappa shape index (κ1) is 20.5. The zero-order chi connectivity index (χ0) is 19.6. The molecule has 1 aromatic carbocycles. The number of esters is 1. The molecule has 0 aliphatic heterocycles. The van der Waals surface area contributed by atoms with Gasteiger partial charge in [0.25, 0.3) is 11.8 Å². The van der Waals surface area contributed by atoms with E-state index in [1.54, 1.807) is 55.1 Å². The fourth-order valence-corrected chi connectivity index (χ4v) is 2.63. The average Bonchev–Trinajstić information content (AvgIpc) is 3.08. The lowest BCUT2D eigenvalue weighted by atomic mass is 10.1. The molecule has 27 heavy (non-hydrogen) atoms. The molecule has 1 unspecified atom stereocenters. The molecule has 144 valence electrons. The van der Waals surface area contributed by atoms with Gasteiger partial charge in [0.05, 0.1) is 0 Å². The monoisotopic (exact) mass is 391 g/mol. The van der Waals surface area contributed by atoms with E-state index in [9.17, 15) is 14.4 Å². The van der Waals surface area contributed by atoms with Gasteiger partial charge in [-0.15, -0.1) is 0 Å². The van der Waals surface area contributed by atoms with E-state index in [4.69, 9.17) is 9.26 Å². The summed E-state index contributed by atoms with van der Waals surface area (Å²) in [5, 5.41) is 8.74. The molecule has 9 heteroatoms. The normalized spacial score (nSPS) is 11.5. The van der Waals surface area contributed by atoms with Crippen molar-refractivity contribution in [2.24, 2.45) is 0 Å². The van der Waals surface area contributed by atoms with Crippen molar-refractivity contribution in [1.29, 1.82) is 0 Å². The lowest BCUT2D eigenvalue weighted by molar-refractivity contribution is -0.149. The number of carbonyl (C=O) groups excluding carboxylic acids is 3. The molecule has 2 N–H and O–H groups in total. The topological polar surface area (TPSA) is 111 Å². The summed E-state index contributed by atoms with van der Waals surface area (Å²) in [4.78, 5) is 36.4. The number of hydrogen-bond donors (Lipinski definition) is 2. The Hall–Kier alpha value is -2.81. The summed E-state index contributed by atoms with van der Waals surface area (Å²) in [7, 11) is 0. The molecule has 0 aliphatic carbocycles. The number of amides is 2. The van der Waals surface area contributed by atoms with Crippen LogP contribution in [0.1, 0.15) is 22.5 Å². The van der Waals surface area contributed by atoms with Crippen LogP contribution in [0.5, 0.6) is 0 Å².